The third kappa shape index (κ3) is 6.12. The van der Waals surface area contributed by atoms with Crippen molar-refractivity contribution >= 4 is 35.1 Å². The lowest BCUT2D eigenvalue weighted by molar-refractivity contribution is -0.385. The monoisotopic (exact) mass is 511 g/mol. The Balaban J connectivity index is 1.26. The van der Waals surface area contributed by atoms with E-state index in [1.54, 1.807) is 24.3 Å². The molecule has 0 radical (unpaired) electrons. The number of piperidine rings is 1. The molecule has 1 N–H and O–H groups in total. The highest BCUT2D eigenvalue weighted by Gasteiger charge is 2.25. The Hall–Kier alpha value is -4.09. The normalized spacial score (nSPS) is 14.7. The van der Waals surface area contributed by atoms with Crippen LogP contribution in [-0.2, 0) is 11.3 Å². The number of hydrazone groups is 1. The number of likely N-dealkylation sites (tertiary alicyclic amines) is 1. The van der Waals surface area contributed by atoms with Gasteiger partial charge >= 0.3 is 0 Å². The topological polar surface area (TPSA) is 144 Å². The standard InChI is InChI=1S/C24H22ClN5O6/c25-22-7-5-19(30(34)35)13-21(22)23-8-6-20(36-23)14-26-27-24(31)17-9-11-28(12-10-17)15-16-1-3-18(4-2-16)29(32)33/h1-8,13-14,17H,9-12,15H2,(H,27,31)/b26-14+. The highest BCUT2D eigenvalue weighted by Crippen LogP contribution is 2.32. The number of furan rings is 1. The number of nitrogens with one attached hydrogen (secondary N) is 1. The molecule has 3 aromatic rings. The fraction of sp³-hybridized carbons (Fsp3) is 0.250. The first kappa shape index (κ1) is 25.0. The lowest BCUT2D eigenvalue weighted by atomic mass is 9.96. The van der Waals surface area contributed by atoms with Crippen LogP contribution in [0.15, 0.2) is 64.1 Å². The number of halogens is 1. The summed E-state index contributed by atoms with van der Waals surface area (Å²) in [4.78, 5) is 35.6. The van der Waals surface area contributed by atoms with Gasteiger partial charge in [0.25, 0.3) is 11.4 Å². The number of hydrogen-bond donors (Lipinski definition) is 1. The second-order valence-electron chi connectivity index (χ2n) is 8.33. The smallest absolute Gasteiger partial charge is 0.270 e. The maximum Gasteiger partial charge on any atom is 0.270 e. The molecule has 2 aromatic carbocycles. The SMILES string of the molecule is O=C(N/N=C/c1ccc(-c2cc([N+](=O)[O-])ccc2Cl)o1)C1CCN(Cc2ccc([N+](=O)[O-])cc2)CC1. The molecule has 1 amide bonds. The molecule has 2 heterocycles. The molecule has 4 rings (SSSR count). The molecule has 1 fully saturated rings. The van der Waals surface area contributed by atoms with E-state index in [1.807, 2.05) is 0 Å². The largest absolute Gasteiger partial charge is 0.455 e. The van der Waals surface area contributed by atoms with Crippen LogP contribution in [0.1, 0.15) is 24.2 Å². The summed E-state index contributed by atoms with van der Waals surface area (Å²) in [6.45, 7) is 2.12. The number of carbonyl (C=O) groups excluding carboxylic acids is 1. The third-order valence-electron chi connectivity index (χ3n) is 5.93. The summed E-state index contributed by atoms with van der Waals surface area (Å²) in [6, 6.07) is 13.8. The van der Waals surface area contributed by atoms with E-state index >= 15 is 0 Å². The number of benzene rings is 2. The van der Waals surface area contributed by atoms with Gasteiger partial charge in [0, 0.05) is 42.3 Å². The summed E-state index contributed by atoms with van der Waals surface area (Å²) in [5.41, 5.74) is 3.87. The second kappa shape index (κ2) is 11.1. The minimum Gasteiger partial charge on any atom is -0.455 e. The van der Waals surface area contributed by atoms with Crippen molar-refractivity contribution in [3.8, 4) is 11.3 Å². The van der Waals surface area contributed by atoms with Gasteiger partial charge in [-0.25, -0.2) is 5.43 Å². The van der Waals surface area contributed by atoms with Crippen LogP contribution in [0.5, 0.6) is 0 Å². The van der Waals surface area contributed by atoms with Gasteiger partial charge in [-0.2, -0.15) is 5.10 Å². The van der Waals surface area contributed by atoms with Gasteiger partial charge in [0.2, 0.25) is 5.91 Å². The van der Waals surface area contributed by atoms with Crippen LogP contribution in [0.4, 0.5) is 11.4 Å². The van der Waals surface area contributed by atoms with Crippen molar-refractivity contribution in [2.45, 2.75) is 19.4 Å². The molecule has 0 unspecified atom stereocenters. The van der Waals surface area contributed by atoms with Crippen LogP contribution in [0.3, 0.4) is 0 Å². The van der Waals surface area contributed by atoms with E-state index in [2.05, 4.69) is 15.4 Å². The number of nitrogens with zero attached hydrogens (tertiary/aromatic N) is 4. The number of amides is 1. The van der Waals surface area contributed by atoms with Crippen LogP contribution in [0, 0.1) is 26.1 Å². The zero-order chi connectivity index (χ0) is 25.7. The molecule has 0 aliphatic carbocycles. The van der Waals surface area contributed by atoms with E-state index in [9.17, 15) is 25.0 Å². The first-order valence-electron chi connectivity index (χ1n) is 11.1. The molecule has 36 heavy (non-hydrogen) atoms. The summed E-state index contributed by atoms with van der Waals surface area (Å²) in [6.07, 6.45) is 2.70. The first-order valence-corrected chi connectivity index (χ1v) is 11.5. The lowest BCUT2D eigenvalue weighted by Crippen LogP contribution is -2.39. The first-order chi connectivity index (χ1) is 17.3. The fourth-order valence-electron chi connectivity index (χ4n) is 3.97. The molecule has 0 spiro atoms. The number of nitro groups is 2. The zero-order valence-corrected chi connectivity index (χ0v) is 19.8. The predicted molar refractivity (Wildman–Crippen MR) is 133 cm³/mol. The Labute approximate surface area is 210 Å². The van der Waals surface area contributed by atoms with Crippen molar-refractivity contribution in [3.63, 3.8) is 0 Å². The molecule has 0 saturated carbocycles. The van der Waals surface area contributed by atoms with E-state index in [4.69, 9.17) is 16.0 Å². The van der Waals surface area contributed by atoms with Gasteiger partial charge in [-0.05, 0) is 49.7 Å². The average Bonchev–Trinajstić information content (AvgIpc) is 3.33. The molecule has 1 aliphatic heterocycles. The summed E-state index contributed by atoms with van der Waals surface area (Å²) in [5.74, 6) is 0.337. The minimum absolute atomic E-state index is 0.0632. The van der Waals surface area contributed by atoms with Crippen LogP contribution >= 0.6 is 11.6 Å². The summed E-state index contributed by atoms with van der Waals surface area (Å²) in [5, 5.41) is 26.1. The molecule has 1 aromatic heterocycles. The summed E-state index contributed by atoms with van der Waals surface area (Å²) < 4.78 is 5.65. The molecule has 186 valence electrons. The molecule has 0 bridgehead atoms. The molecular formula is C24H22ClN5O6. The molecule has 0 atom stereocenters. The molecule has 12 heteroatoms. The van der Waals surface area contributed by atoms with Crippen LogP contribution in [-0.4, -0.2) is 40.0 Å². The number of carbonyl (C=O) groups is 1. The highest BCUT2D eigenvalue weighted by molar-refractivity contribution is 6.33. The van der Waals surface area contributed by atoms with E-state index in [1.165, 1.54) is 36.5 Å². The van der Waals surface area contributed by atoms with Gasteiger partial charge in [-0.15, -0.1) is 0 Å². The molecule has 11 nitrogen and oxygen atoms in total. The van der Waals surface area contributed by atoms with Gasteiger partial charge in [-0.3, -0.25) is 29.9 Å². The maximum atomic E-state index is 12.5. The van der Waals surface area contributed by atoms with E-state index in [-0.39, 0.29) is 23.2 Å². The average molecular weight is 512 g/mol. The Kier molecular flexibility index (Phi) is 7.71. The zero-order valence-electron chi connectivity index (χ0n) is 19.0. The van der Waals surface area contributed by atoms with E-state index in [0.717, 1.165) is 18.7 Å². The summed E-state index contributed by atoms with van der Waals surface area (Å²) >= 11 is 6.15. The van der Waals surface area contributed by atoms with Gasteiger partial charge < -0.3 is 4.42 Å². The molecule has 1 saturated heterocycles. The van der Waals surface area contributed by atoms with Crippen molar-refractivity contribution in [3.05, 3.63) is 91.2 Å². The lowest BCUT2D eigenvalue weighted by Gasteiger charge is -2.30. The van der Waals surface area contributed by atoms with Gasteiger partial charge in [0.05, 0.1) is 21.1 Å². The van der Waals surface area contributed by atoms with E-state index in [0.29, 0.717) is 41.5 Å². The van der Waals surface area contributed by atoms with Gasteiger partial charge in [-0.1, -0.05) is 23.7 Å². The maximum absolute atomic E-state index is 12.5. The van der Waals surface area contributed by atoms with Crippen LogP contribution < -0.4 is 5.43 Å². The van der Waals surface area contributed by atoms with Crippen molar-refractivity contribution in [1.82, 2.24) is 10.3 Å². The van der Waals surface area contributed by atoms with Crippen molar-refractivity contribution < 1.29 is 19.1 Å². The Morgan fingerprint density at radius 2 is 1.72 bits per heavy atom. The van der Waals surface area contributed by atoms with Crippen molar-refractivity contribution in [2.75, 3.05) is 13.1 Å². The molecule has 1 aliphatic rings. The van der Waals surface area contributed by atoms with Crippen molar-refractivity contribution in [2.24, 2.45) is 11.0 Å². The Morgan fingerprint density at radius 3 is 2.39 bits per heavy atom. The predicted octanol–water partition coefficient (Wildman–Crippen LogP) is 4.78. The second-order valence-corrected chi connectivity index (χ2v) is 8.74. The minimum atomic E-state index is -0.513. The highest BCUT2D eigenvalue weighted by atomic mass is 35.5. The Bertz CT molecular complexity index is 1300. The van der Waals surface area contributed by atoms with Gasteiger partial charge in [0.1, 0.15) is 11.5 Å². The molecular weight excluding hydrogens is 490 g/mol. The number of hydrogen-bond acceptors (Lipinski definition) is 8. The van der Waals surface area contributed by atoms with E-state index < -0.39 is 9.85 Å². The van der Waals surface area contributed by atoms with Crippen LogP contribution in [0.25, 0.3) is 11.3 Å². The number of nitro benzene ring substituents is 2. The fourth-order valence-corrected chi connectivity index (χ4v) is 4.18. The Morgan fingerprint density at radius 1 is 1.06 bits per heavy atom. The van der Waals surface area contributed by atoms with Crippen LogP contribution in [0.2, 0.25) is 5.02 Å². The van der Waals surface area contributed by atoms with Crippen molar-refractivity contribution in [1.29, 1.82) is 0 Å². The third-order valence-corrected chi connectivity index (χ3v) is 6.26. The van der Waals surface area contributed by atoms with Gasteiger partial charge in [0.15, 0.2) is 0 Å². The number of non-ortho nitro benzene ring substituents is 2. The number of rotatable bonds is 8. The quantitative estimate of drug-likeness (QED) is 0.260. The summed E-state index contributed by atoms with van der Waals surface area (Å²) in [7, 11) is 0.